The molecule has 0 atom stereocenters. The second-order valence-electron chi connectivity index (χ2n) is 3.36. The lowest BCUT2D eigenvalue weighted by atomic mass is 10.1. The third-order valence-corrected chi connectivity index (χ3v) is 2.24. The van der Waals surface area contributed by atoms with Gasteiger partial charge in [-0.3, -0.25) is 0 Å². The molecule has 0 unspecified atom stereocenters. The van der Waals surface area contributed by atoms with Crippen LogP contribution < -0.4 is 4.74 Å². The molecular formula is C13H16O4. The number of carbonyl (C=O) groups is 1. The van der Waals surface area contributed by atoms with Crippen LogP contribution >= 0.6 is 0 Å². The summed E-state index contributed by atoms with van der Waals surface area (Å²) in [4.78, 5) is 11.4. The average Bonchev–Trinajstić information content (AvgIpc) is 2.38. The molecule has 0 saturated carbocycles. The highest BCUT2D eigenvalue weighted by molar-refractivity contribution is 5.90. The van der Waals surface area contributed by atoms with Crippen molar-refractivity contribution in [3.05, 3.63) is 35.4 Å². The Hall–Kier alpha value is -1.81. The zero-order valence-electron chi connectivity index (χ0n) is 9.97. The van der Waals surface area contributed by atoms with Gasteiger partial charge in [0, 0.05) is 12.2 Å². The molecule has 1 aromatic carbocycles. The van der Waals surface area contributed by atoms with E-state index < -0.39 is 0 Å². The molecule has 0 aliphatic rings. The fourth-order valence-electron chi connectivity index (χ4n) is 1.39. The quantitative estimate of drug-likeness (QED) is 0.793. The molecule has 0 bridgehead atoms. The van der Waals surface area contributed by atoms with Crippen LogP contribution in [0.5, 0.6) is 5.75 Å². The Bertz CT molecular complexity index is 410. The number of aliphatic hydroxyl groups is 1. The van der Waals surface area contributed by atoms with E-state index in [0.29, 0.717) is 17.7 Å². The third kappa shape index (κ3) is 3.60. The number of hydrogen-bond acceptors (Lipinski definition) is 4. The number of ether oxygens (including phenoxy) is 2. The highest BCUT2D eigenvalue weighted by atomic mass is 16.5. The second kappa shape index (κ2) is 6.70. The van der Waals surface area contributed by atoms with Crippen LogP contribution in [0.4, 0.5) is 0 Å². The molecule has 0 fully saturated rings. The Balaban J connectivity index is 3.02. The molecule has 0 saturated heterocycles. The molecule has 0 aliphatic heterocycles. The first-order valence-electron chi connectivity index (χ1n) is 5.26. The van der Waals surface area contributed by atoms with Crippen molar-refractivity contribution in [1.82, 2.24) is 0 Å². The minimum Gasteiger partial charge on any atom is -0.496 e. The van der Waals surface area contributed by atoms with Crippen LogP contribution in [0.15, 0.2) is 24.3 Å². The van der Waals surface area contributed by atoms with Crippen molar-refractivity contribution in [2.45, 2.75) is 6.42 Å². The number of rotatable bonds is 5. The van der Waals surface area contributed by atoms with Crippen LogP contribution in [0.25, 0.3) is 6.08 Å². The van der Waals surface area contributed by atoms with Crippen LogP contribution in [0, 0.1) is 0 Å². The normalized spacial score (nSPS) is 10.5. The Morgan fingerprint density at radius 2 is 2.18 bits per heavy atom. The summed E-state index contributed by atoms with van der Waals surface area (Å²) in [5.74, 6) is 0.288. The topological polar surface area (TPSA) is 55.8 Å². The van der Waals surface area contributed by atoms with Crippen molar-refractivity contribution in [3.8, 4) is 5.75 Å². The summed E-state index contributed by atoms with van der Waals surface area (Å²) >= 11 is 0. The Morgan fingerprint density at radius 3 is 2.76 bits per heavy atom. The molecule has 0 aromatic heterocycles. The monoisotopic (exact) mass is 236 g/mol. The van der Waals surface area contributed by atoms with E-state index in [1.165, 1.54) is 7.11 Å². The number of carbonyl (C=O) groups excluding carboxylic acids is 1. The fraction of sp³-hybridized carbons (Fsp3) is 0.308. The van der Waals surface area contributed by atoms with E-state index in [0.717, 1.165) is 5.56 Å². The zero-order valence-corrected chi connectivity index (χ0v) is 9.97. The molecular weight excluding hydrogens is 220 g/mol. The number of aliphatic hydroxyl groups excluding tert-OH is 1. The summed E-state index contributed by atoms with van der Waals surface area (Å²) in [6.07, 6.45) is 4.19. The van der Waals surface area contributed by atoms with Gasteiger partial charge in [0.1, 0.15) is 5.75 Å². The molecule has 0 amide bonds. The maximum Gasteiger partial charge on any atom is 0.337 e. The predicted molar refractivity (Wildman–Crippen MR) is 65.1 cm³/mol. The summed E-state index contributed by atoms with van der Waals surface area (Å²) in [6.45, 7) is 0.0928. The highest BCUT2D eigenvalue weighted by Crippen LogP contribution is 2.21. The Labute approximate surface area is 100 Å². The standard InChI is InChI=1S/C13H16O4/c1-16-12-7-6-11(13(15)17-2)9-10(12)5-3-4-8-14/h3,5-7,9,14H,4,8H2,1-2H3. The van der Waals surface area contributed by atoms with E-state index >= 15 is 0 Å². The summed E-state index contributed by atoms with van der Waals surface area (Å²) in [6, 6.07) is 5.05. The molecule has 0 radical (unpaired) electrons. The first-order chi connectivity index (χ1) is 8.22. The molecule has 92 valence electrons. The summed E-state index contributed by atoms with van der Waals surface area (Å²) < 4.78 is 9.83. The number of hydrogen-bond donors (Lipinski definition) is 1. The molecule has 1 rings (SSSR count). The van der Waals surface area contributed by atoms with Gasteiger partial charge in [0.25, 0.3) is 0 Å². The maximum absolute atomic E-state index is 11.4. The lowest BCUT2D eigenvalue weighted by Gasteiger charge is -2.06. The highest BCUT2D eigenvalue weighted by Gasteiger charge is 2.08. The Morgan fingerprint density at radius 1 is 1.41 bits per heavy atom. The van der Waals surface area contributed by atoms with Gasteiger partial charge in [-0.05, 0) is 24.6 Å². The van der Waals surface area contributed by atoms with E-state index in [9.17, 15) is 4.79 Å². The second-order valence-corrected chi connectivity index (χ2v) is 3.36. The zero-order chi connectivity index (χ0) is 12.7. The van der Waals surface area contributed by atoms with E-state index in [2.05, 4.69) is 4.74 Å². The van der Waals surface area contributed by atoms with Gasteiger partial charge in [-0.15, -0.1) is 0 Å². The van der Waals surface area contributed by atoms with Crippen molar-refractivity contribution < 1.29 is 19.4 Å². The van der Waals surface area contributed by atoms with Gasteiger partial charge in [-0.1, -0.05) is 12.2 Å². The predicted octanol–water partition coefficient (Wildman–Crippen LogP) is 1.88. The molecule has 0 heterocycles. The van der Waals surface area contributed by atoms with Crippen LogP contribution in [0.1, 0.15) is 22.3 Å². The molecule has 4 heteroatoms. The summed E-state index contributed by atoms with van der Waals surface area (Å²) in [7, 11) is 2.91. The first kappa shape index (κ1) is 13.3. The molecule has 0 spiro atoms. The van der Waals surface area contributed by atoms with Crippen LogP contribution in [-0.4, -0.2) is 31.9 Å². The van der Waals surface area contributed by atoms with Gasteiger partial charge in [-0.25, -0.2) is 4.79 Å². The van der Waals surface area contributed by atoms with Crippen molar-refractivity contribution in [3.63, 3.8) is 0 Å². The molecule has 1 N–H and O–H groups in total. The van der Waals surface area contributed by atoms with E-state index in [1.807, 2.05) is 12.2 Å². The lowest BCUT2D eigenvalue weighted by molar-refractivity contribution is 0.0600. The van der Waals surface area contributed by atoms with Gasteiger partial charge >= 0.3 is 5.97 Å². The van der Waals surface area contributed by atoms with Gasteiger partial charge in [-0.2, -0.15) is 0 Å². The first-order valence-corrected chi connectivity index (χ1v) is 5.26. The van der Waals surface area contributed by atoms with Gasteiger partial charge in [0.05, 0.1) is 19.8 Å². The van der Waals surface area contributed by atoms with Gasteiger partial charge < -0.3 is 14.6 Å². The van der Waals surface area contributed by atoms with E-state index in [4.69, 9.17) is 9.84 Å². The number of esters is 1. The lowest BCUT2D eigenvalue weighted by Crippen LogP contribution is -2.01. The smallest absolute Gasteiger partial charge is 0.337 e. The molecule has 1 aromatic rings. The largest absolute Gasteiger partial charge is 0.496 e. The van der Waals surface area contributed by atoms with Crippen LogP contribution in [-0.2, 0) is 4.74 Å². The van der Waals surface area contributed by atoms with Gasteiger partial charge in [0.15, 0.2) is 0 Å². The minimum atomic E-state index is -0.385. The molecule has 17 heavy (non-hydrogen) atoms. The minimum absolute atomic E-state index is 0.0928. The van der Waals surface area contributed by atoms with Crippen LogP contribution in [0.2, 0.25) is 0 Å². The van der Waals surface area contributed by atoms with Crippen molar-refractivity contribution >= 4 is 12.0 Å². The number of benzene rings is 1. The van der Waals surface area contributed by atoms with Crippen molar-refractivity contribution in [1.29, 1.82) is 0 Å². The number of methoxy groups -OCH3 is 2. The van der Waals surface area contributed by atoms with Crippen molar-refractivity contribution in [2.75, 3.05) is 20.8 Å². The third-order valence-electron chi connectivity index (χ3n) is 2.24. The summed E-state index contributed by atoms with van der Waals surface area (Å²) in [5, 5.41) is 8.70. The fourth-order valence-corrected chi connectivity index (χ4v) is 1.39. The SMILES string of the molecule is COC(=O)c1ccc(OC)c(C=CCCO)c1. The average molecular weight is 236 g/mol. The molecule has 4 nitrogen and oxygen atoms in total. The maximum atomic E-state index is 11.4. The van der Waals surface area contributed by atoms with E-state index in [1.54, 1.807) is 25.3 Å². The molecule has 0 aliphatic carbocycles. The van der Waals surface area contributed by atoms with Gasteiger partial charge in [0.2, 0.25) is 0 Å². The Kier molecular flexibility index (Phi) is 5.23. The van der Waals surface area contributed by atoms with Crippen LogP contribution in [0.3, 0.4) is 0 Å². The summed E-state index contributed by atoms with van der Waals surface area (Å²) in [5.41, 5.74) is 1.25. The van der Waals surface area contributed by atoms with Crippen molar-refractivity contribution in [2.24, 2.45) is 0 Å². The van der Waals surface area contributed by atoms with E-state index in [-0.39, 0.29) is 12.6 Å².